The summed E-state index contributed by atoms with van der Waals surface area (Å²) in [5.41, 5.74) is 0.922. The second-order valence-electron chi connectivity index (χ2n) is 1.47. The summed E-state index contributed by atoms with van der Waals surface area (Å²) < 4.78 is 14.4. The molecule has 0 aromatic heterocycles. The Morgan fingerprint density at radius 3 is 3.00 bits per heavy atom. The molecule has 0 heteroatoms. The van der Waals surface area contributed by atoms with E-state index in [0.717, 1.165) is 5.56 Å². The van der Waals surface area contributed by atoms with Gasteiger partial charge in [0.2, 0.25) is 0 Å². The summed E-state index contributed by atoms with van der Waals surface area (Å²) in [7, 11) is 0. The van der Waals surface area contributed by atoms with Crippen molar-refractivity contribution in [3.05, 3.63) is 35.8 Å². The molecule has 0 radical (unpaired) electrons. The fourth-order valence-corrected chi connectivity index (χ4v) is 0.425. The van der Waals surface area contributed by atoms with E-state index in [2.05, 4.69) is 0 Å². The molecule has 0 saturated carbocycles. The van der Waals surface area contributed by atoms with Gasteiger partial charge in [0, 0.05) is 0 Å². The van der Waals surface area contributed by atoms with Crippen LogP contribution in [0.4, 0.5) is 0 Å². The first kappa shape index (κ1) is 2.51. The maximum atomic E-state index is 7.24. The first-order valence-corrected chi connectivity index (χ1v) is 2.24. The average Bonchev–Trinajstić information content (AvgIpc) is 1.80. The second kappa shape index (κ2) is 1.78. The van der Waals surface area contributed by atoms with Crippen molar-refractivity contribution in [2.75, 3.05) is 0 Å². The highest BCUT2D eigenvalue weighted by Gasteiger charge is 1.72. The Balaban J connectivity index is 3.17. The van der Waals surface area contributed by atoms with Crippen LogP contribution in [0.5, 0.6) is 0 Å². The van der Waals surface area contributed by atoms with Gasteiger partial charge in [-0.1, -0.05) is 35.8 Å². The van der Waals surface area contributed by atoms with Crippen molar-refractivity contribution in [3.63, 3.8) is 0 Å². The molecule has 1 aromatic carbocycles. The van der Waals surface area contributed by atoms with Gasteiger partial charge in [0.1, 0.15) is 0 Å². The quantitative estimate of drug-likeness (QED) is 0.461. The molecule has 0 bridgehead atoms. The molecule has 0 unspecified atom stereocenters. The third kappa shape index (κ3) is 1.04. The summed E-state index contributed by atoms with van der Waals surface area (Å²) in [6.07, 6.45) is 0. The summed E-state index contributed by atoms with van der Waals surface area (Å²) in [6, 6.07) is 5.86. The smallest absolute Gasteiger partial charge is 0.0622 e. The largest absolute Gasteiger partial charge is 0.0625 e. The van der Waals surface area contributed by atoms with Crippen molar-refractivity contribution in [2.45, 2.75) is 6.92 Å². The van der Waals surface area contributed by atoms with E-state index < -0.39 is 0 Å². The van der Waals surface area contributed by atoms with Crippen molar-refractivity contribution in [1.82, 2.24) is 0 Å². The van der Waals surface area contributed by atoms with Crippen LogP contribution in [0.1, 0.15) is 8.30 Å². The van der Waals surface area contributed by atoms with Crippen molar-refractivity contribution < 1.29 is 2.74 Å². The maximum absolute atomic E-state index is 7.24. The lowest BCUT2D eigenvalue weighted by molar-refractivity contribution is 1.48. The molecule has 1 aromatic rings. The Morgan fingerprint density at radius 1 is 1.57 bits per heavy atom. The van der Waals surface area contributed by atoms with Gasteiger partial charge in [-0.15, -0.1) is 0 Å². The van der Waals surface area contributed by atoms with Crippen LogP contribution in [-0.2, 0) is 0 Å². The van der Waals surface area contributed by atoms with E-state index in [9.17, 15) is 0 Å². The minimum absolute atomic E-state index is 0.408. The standard InChI is InChI=1S/C7H8/c1-7-5-3-2-4-6-7/h2-6H,1H3/i2D,5D. The Kier molecular flexibility index (Phi) is 0.639. The molecule has 7 heavy (non-hydrogen) atoms. The topological polar surface area (TPSA) is 0 Å². The summed E-state index contributed by atoms with van der Waals surface area (Å²) >= 11 is 0. The average molecular weight is 94.2 g/mol. The zero-order valence-electron chi connectivity index (χ0n) is 6.23. The number of rotatable bonds is 0. The number of benzene rings is 1. The molecule has 0 spiro atoms. The molecule has 0 aliphatic heterocycles. The molecule has 36 valence electrons. The lowest BCUT2D eigenvalue weighted by Gasteiger charge is -1.82. The number of hydrogen-bond acceptors (Lipinski definition) is 0. The van der Waals surface area contributed by atoms with E-state index in [1.54, 1.807) is 12.1 Å². The molecule has 0 atom stereocenters. The van der Waals surface area contributed by atoms with Crippen LogP contribution in [0.25, 0.3) is 0 Å². The van der Waals surface area contributed by atoms with Crippen LogP contribution in [0.15, 0.2) is 30.3 Å². The molecular formula is C7H8. The summed E-state index contributed by atoms with van der Waals surface area (Å²) in [6.45, 7) is 1.86. The molecule has 1 rings (SSSR count). The number of hydrogen-bond donors (Lipinski definition) is 0. The van der Waals surface area contributed by atoms with E-state index in [-0.39, 0.29) is 0 Å². The van der Waals surface area contributed by atoms with E-state index >= 15 is 0 Å². The highest BCUT2D eigenvalue weighted by molar-refractivity contribution is 5.11. The monoisotopic (exact) mass is 94.1 g/mol. The summed E-state index contributed by atoms with van der Waals surface area (Å²) in [5, 5.41) is 0. The van der Waals surface area contributed by atoms with Gasteiger partial charge in [-0.25, -0.2) is 0 Å². The fourth-order valence-electron chi connectivity index (χ4n) is 0.425. The van der Waals surface area contributed by atoms with E-state index in [0.29, 0.717) is 12.1 Å². The molecule has 0 N–H and O–H groups in total. The predicted molar refractivity (Wildman–Crippen MR) is 31.2 cm³/mol. The van der Waals surface area contributed by atoms with Gasteiger partial charge in [0.15, 0.2) is 0 Å². The van der Waals surface area contributed by atoms with Gasteiger partial charge >= 0.3 is 0 Å². The Hall–Kier alpha value is -0.780. The van der Waals surface area contributed by atoms with Crippen LogP contribution in [0.2, 0.25) is 0 Å². The van der Waals surface area contributed by atoms with Crippen LogP contribution in [-0.4, -0.2) is 0 Å². The molecule has 0 saturated heterocycles. The Bertz CT molecular complexity index is 218. The Labute approximate surface area is 46.6 Å². The van der Waals surface area contributed by atoms with Crippen molar-refractivity contribution in [2.24, 2.45) is 0 Å². The number of aryl methyl sites for hydroxylation is 1. The van der Waals surface area contributed by atoms with Gasteiger partial charge in [-0.3, -0.25) is 0 Å². The third-order valence-electron chi connectivity index (χ3n) is 0.813. The fraction of sp³-hybridized carbons (Fsp3) is 0.143. The van der Waals surface area contributed by atoms with E-state index in [1.165, 1.54) is 6.07 Å². The lowest BCUT2D eigenvalue weighted by Crippen LogP contribution is -1.62. The first-order valence-electron chi connectivity index (χ1n) is 3.24. The normalized spacial score (nSPS) is 12.7. The lowest BCUT2D eigenvalue weighted by atomic mass is 10.2. The molecule has 0 nitrogen and oxygen atoms in total. The molecular weight excluding hydrogens is 84.1 g/mol. The third-order valence-corrected chi connectivity index (χ3v) is 0.813. The maximum Gasteiger partial charge on any atom is 0.0625 e. The van der Waals surface area contributed by atoms with Crippen molar-refractivity contribution in [3.8, 4) is 0 Å². The minimum atomic E-state index is 0.408. The predicted octanol–water partition coefficient (Wildman–Crippen LogP) is 2.00. The van der Waals surface area contributed by atoms with E-state index in [1.807, 2.05) is 6.92 Å². The highest BCUT2D eigenvalue weighted by atomic mass is 13.8. The minimum Gasteiger partial charge on any atom is -0.0622 e. The van der Waals surface area contributed by atoms with Gasteiger partial charge in [0.05, 0.1) is 2.74 Å². The van der Waals surface area contributed by atoms with Crippen LogP contribution in [0.3, 0.4) is 0 Å². The van der Waals surface area contributed by atoms with Crippen LogP contribution >= 0.6 is 0 Å². The van der Waals surface area contributed by atoms with Crippen LogP contribution in [0, 0.1) is 6.92 Å². The van der Waals surface area contributed by atoms with Gasteiger partial charge in [0.25, 0.3) is 0 Å². The summed E-state index contributed by atoms with van der Waals surface area (Å²) in [4.78, 5) is 0. The Morgan fingerprint density at radius 2 is 2.43 bits per heavy atom. The van der Waals surface area contributed by atoms with Gasteiger partial charge in [-0.2, -0.15) is 0 Å². The molecule has 0 aliphatic carbocycles. The van der Waals surface area contributed by atoms with Gasteiger partial charge in [-0.05, 0) is 6.92 Å². The zero-order chi connectivity index (χ0) is 6.85. The van der Waals surface area contributed by atoms with Crippen molar-refractivity contribution >= 4 is 0 Å². The second-order valence-corrected chi connectivity index (χ2v) is 1.47. The highest BCUT2D eigenvalue weighted by Crippen LogP contribution is 1.92. The van der Waals surface area contributed by atoms with Gasteiger partial charge < -0.3 is 0 Å². The van der Waals surface area contributed by atoms with E-state index in [4.69, 9.17) is 2.74 Å². The SMILES string of the molecule is [2H]c1ccc(C)c([2H])c1. The zero-order valence-corrected chi connectivity index (χ0v) is 4.23. The molecule has 0 fully saturated rings. The first-order chi connectivity index (χ1) is 4.20. The molecule has 0 heterocycles. The summed E-state index contributed by atoms with van der Waals surface area (Å²) in [5.74, 6) is 0. The molecule has 0 amide bonds. The van der Waals surface area contributed by atoms with Crippen molar-refractivity contribution in [1.29, 1.82) is 0 Å². The van der Waals surface area contributed by atoms with Crippen LogP contribution < -0.4 is 0 Å². The molecule has 0 aliphatic rings.